The van der Waals surface area contributed by atoms with Crippen LogP contribution in [0, 0.1) is 0 Å². The Morgan fingerprint density at radius 3 is 2.22 bits per heavy atom. The Morgan fingerprint density at radius 2 is 1.52 bits per heavy atom. The van der Waals surface area contributed by atoms with Crippen molar-refractivity contribution in [1.82, 2.24) is 9.97 Å². The zero-order valence-corrected chi connectivity index (χ0v) is 14.2. The smallest absolute Gasteiger partial charge is 0.250 e. The van der Waals surface area contributed by atoms with E-state index in [-0.39, 0.29) is 5.82 Å². The predicted octanol–water partition coefficient (Wildman–Crippen LogP) is 5.26. The quantitative estimate of drug-likeness (QED) is 0.591. The standard InChI is InChI=1S/C16H11Cl3N2O2/c1-22-12-8-4-5-9-13(12)23-14-10-6-2-3-7-11(10)20-15(21-14)16(17,18)19/h2-9H,1H3. The average Bonchev–Trinajstić information content (AvgIpc) is 2.54. The van der Waals surface area contributed by atoms with E-state index in [0.717, 1.165) is 0 Å². The van der Waals surface area contributed by atoms with Gasteiger partial charge in [-0.3, -0.25) is 0 Å². The van der Waals surface area contributed by atoms with E-state index < -0.39 is 3.79 Å². The zero-order valence-electron chi connectivity index (χ0n) is 12.0. The molecule has 1 aromatic heterocycles. The van der Waals surface area contributed by atoms with Gasteiger partial charge < -0.3 is 9.47 Å². The van der Waals surface area contributed by atoms with Gasteiger partial charge in [-0.25, -0.2) is 4.98 Å². The van der Waals surface area contributed by atoms with Crippen LogP contribution in [0.5, 0.6) is 17.4 Å². The van der Waals surface area contributed by atoms with Gasteiger partial charge in [0.2, 0.25) is 9.67 Å². The van der Waals surface area contributed by atoms with E-state index in [2.05, 4.69) is 9.97 Å². The van der Waals surface area contributed by atoms with Crippen molar-refractivity contribution in [2.24, 2.45) is 0 Å². The fourth-order valence-electron chi connectivity index (χ4n) is 2.06. The molecule has 2 aromatic carbocycles. The second-order valence-corrected chi connectivity index (χ2v) is 6.90. The van der Waals surface area contributed by atoms with Crippen LogP contribution in [0.2, 0.25) is 0 Å². The van der Waals surface area contributed by atoms with Crippen LogP contribution in [0.4, 0.5) is 0 Å². The van der Waals surface area contributed by atoms with Crippen LogP contribution in [-0.4, -0.2) is 17.1 Å². The fourth-order valence-corrected chi connectivity index (χ4v) is 2.31. The van der Waals surface area contributed by atoms with Crippen LogP contribution in [0.1, 0.15) is 5.82 Å². The van der Waals surface area contributed by atoms with Gasteiger partial charge in [-0.15, -0.1) is 0 Å². The minimum Gasteiger partial charge on any atom is -0.493 e. The number of fused-ring (bicyclic) bond motifs is 1. The number of hydrogen-bond donors (Lipinski definition) is 0. The predicted molar refractivity (Wildman–Crippen MR) is 91.8 cm³/mol. The number of halogens is 3. The van der Waals surface area contributed by atoms with Crippen molar-refractivity contribution in [3.8, 4) is 17.4 Å². The Bertz CT molecular complexity index is 850. The lowest BCUT2D eigenvalue weighted by Crippen LogP contribution is -2.08. The minimum absolute atomic E-state index is 0.0473. The topological polar surface area (TPSA) is 44.2 Å². The lowest BCUT2D eigenvalue weighted by atomic mass is 10.2. The Hall–Kier alpha value is -1.75. The van der Waals surface area contributed by atoms with Crippen molar-refractivity contribution in [3.05, 3.63) is 54.4 Å². The van der Waals surface area contributed by atoms with Gasteiger partial charge in [-0.05, 0) is 24.3 Å². The van der Waals surface area contributed by atoms with Crippen molar-refractivity contribution in [2.75, 3.05) is 7.11 Å². The molecule has 0 N–H and O–H groups in total. The molecule has 0 atom stereocenters. The number of benzene rings is 2. The summed E-state index contributed by atoms with van der Waals surface area (Å²) in [4.78, 5) is 8.53. The van der Waals surface area contributed by atoms with Crippen molar-refractivity contribution >= 4 is 45.7 Å². The first-order valence-electron chi connectivity index (χ1n) is 6.64. The normalized spacial score (nSPS) is 11.5. The Labute approximate surface area is 147 Å². The largest absolute Gasteiger partial charge is 0.493 e. The lowest BCUT2D eigenvalue weighted by molar-refractivity contribution is 0.375. The summed E-state index contributed by atoms with van der Waals surface area (Å²) < 4.78 is 9.43. The van der Waals surface area contributed by atoms with Gasteiger partial charge in [0, 0.05) is 0 Å². The van der Waals surface area contributed by atoms with Gasteiger partial charge in [0.25, 0.3) is 0 Å². The Morgan fingerprint density at radius 1 is 0.870 bits per heavy atom. The molecule has 23 heavy (non-hydrogen) atoms. The van der Waals surface area contributed by atoms with Crippen molar-refractivity contribution in [3.63, 3.8) is 0 Å². The molecule has 0 saturated heterocycles. The van der Waals surface area contributed by atoms with Gasteiger partial charge in [-0.1, -0.05) is 59.1 Å². The molecular formula is C16H11Cl3N2O2. The van der Waals surface area contributed by atoms with Crippen LogP contribution in [0.15, 0.2) is 48.5 Å². The summed E-state index contributed by atoms with van der Waals surface area (Å²) in [6, 6.07) is 14.6. The monoisotopic (exact) mass is 368 g/mol. The molecule has 1 heterocycles. The molecule has 0 aliphatic carbocycles. The summed E-state index contributed by atoms with van der Waals surface area (Å²) in [6.07, 6.45) is 0. The molecule has 0 bridgehead atoms. The fraction of sp³-hybridized carbons (Fsp3) is 0.125. The molecule has 0 radical (unpaired) electrons. The molecular weight excluding hydrogens is 359 g/mol. The number of alkyl halides is 3. The SMILES string of the molecule is COc1ccccc1Oc1nc(C(Cl)(Cl)Cl)nc2ccccc12. The maximum atomic E-state index is 5.92. The molecule has 0 saturated carbocycles. The van der Waals surface area contributed by atoms with Crippen LogP contribution < -0.4 is 9.47 Å². The number of para-hydroxylation sites is 3. The van der Waals surface area contributed by atoms with Gasteiger partial charge >= 0.3 is 0 Å². The number of rotatable bonds is 3. The van der Waals surface area contributed by atoms with Gasteiger partial charge in [0.05, 0.1) is 18.0 Å². The van der Waals surface area contributed by atoms with Gasteiger partial charge in [0.15, 0.2) is 17.3 Å². The maximum absolute atomic E-state index is 5.92. The first-order chi connectivity index (χ1) is 11.0. The lowest BCUT2D eigenvalue weighted by Gasteiger charge is -2.14. The maximum Gasteiger partial charge on any atom is 0.250 e. The molecule has 0 aliphatic heterocycles. The molecule has 0 unspecified atom stereocenters. The van der Waals surface area contributed by atoms with E-state index in [9.17, 15) is 0 Å². The third kappa shape index (κ3) is 3.44. The number of methoxy groups -OCH3 is 1. The van der Waals surface area contributed by atoms with E-state index >= 15 is 0 Å². The number of aromatic nitrogens is 2. The van der Waals surface area contributed by atoms with Crippen LogP contribution in [-0.2, 0) is 3.79 Å². The molecule has 118 valence electrons. The first-order valence-corrected chi connectivity index (χ1v) is 7.77. The zero-order chi connectivity index (χ0) is 16.4. The molecule has 3 rings (SSSR count). The van der Waals surface area contributed by atoms with E-state index in [1.54, 1.807) is 25.3 Å². The highest BCUT2D eigenvalue weighted by molar-refractivity contribution is 6.66. The summed E-state index contributed by atoms with van der Waals surface area (Å²) in [5.74, 6) is 1.42. The highest BCUT2D eigenvalue weighted by atomic mass is 35.6. The number of hydrogen-bond acceptors (Lipinski definition) is 4. The van der Waals surface area contributed by atoms with Gasteiger partial charge in [0.1, 0.15) is 0 Å². The summed E-state index contributed by atoms with van der Waals surface area (Å²) in [7, 11) is 1.56. The van der Waals surface area contributed by atoms with E-state index in [1.807, 2.05) is 30.3 Å². The number of ether oxygens (including phenoxy) is 2. The molecule has 0 amide bonds. The van der Waals surface area contributed by atoms with Gasteiger partial charge in [-0.2, -0.15) is 4.98 Å². The Kier molecular flexibility index (Phi) is 4.48. The Balaban J connectivity index is 2.15. The first kappa shape index (κ1) is 16.1. The molecule has 0 spiro atoms. The second-order valence-electron chi connectivity index (χ2n) is 4.62. The minimum atomic E-state index is -1.75. The third-order valence-electron chi connectivity index (χ3n) is 3.10. The summed E-state index contributed by atoms with van der Waals surface area (Å²) in [6.45, 7) is 0. The summed E-state index contributed by atoms with van der Waals surface area (Å²) in [5, 5.41) is 0.705. The van der Waals surface area contributed by atoms with Crippen LogP contribution in [0.3, 0.4) is 0 Å². The van der Waals surface area contributed by atoms with Crippen LogP contribution >= 0.6 is 34.8 Å². The molecule has 7 heteroatoms. The van der Waals surface area contributed by atoms with E-state index in [0.29, 0.717) is 28.3 Å². The molecule has 3 aromatic rings. The highest BCUT2D eigenvalue weighted by Gasteiger charge is 2.28. The average molecular weight is 370 g/mol. The summed E-state index contributed by atoms with van der Waals surface area (Å²) in [5.41, 5.74) is 0.619. The van der Waals surface area contributed by atoms with Crippen LogP contribution in [0.25, 0.3) is 10.9 Å². The van der Waals surface area contributed by atoms with E-state index in [4.69, 9.17) is 44.3 Å². The molecule has 0 fully saturated rings. The molecule has 0 aliphatic rings. The summed E-state index contributed by atoms with van der Waals surface area (Å²) >= 11 is 17.8. The molecule has 4 nitrogen and oxygen atoms in total. The van der Waals surface area contributed by atoms with Crippen molar-refractivity contribution in [1.29, 1.82) is 0 Å². The number of nitrogens with zero attached hydrogens (tertiary/aromatic N) is 2. The van der Waals surface area contributed by atoms with Crippen molar-refractivity contribution in [2.45, 2.75) is 3.79 Å². The van der Waals surface area contributed by atoms with E-state index in [1.165, 1.54) is 0 Å². The van der Waals surface area contributed by atoms with Crippen molar-refractivity contribution < 1.29 is 9.47 Å². The third-order valence-corrected chi connectivity index (χ3v) is 3.60. The highest BCUT2D eigenvalue weighted by Crippen LogP contribution is 2.39. The second kappa shape index (κ2) is 6.40.